The van der Waals surface area contributed by atoms with E-state index in [2.05, 4.69) is 25.1 Å². The number of ether oxygens (including phenoxy) is 1. The molecular formula is C28H27N7O2. The highest BCUT2D eigenvalue weighted by molar-refractivity contribution is 6.06. The van der Waals surface area contributed by atoms with Gasteiger partial charge in [0.2, 0.25) is 5.95 Å². The molecule has 6 rings (SSSR count). The van der Waals surface area contributed by atoms with Gasteiger partial charge < -0.3 is 19.9 Å². The number of pyridine rings is 2. The molecule has 0 radical (unpaired) electrons. The number of nitrogens with zero attached hydrogens (tertiary/aromatic N) is 6. The van der Waals surface area contributed by atoms with Crippen LogP contribution in [0.4, 0.5) is 23.1 Å². The topological polar surface area (TPSA) is 96.4 Å². The fourth-order valence-corrected chi connectivity index (χ4v) is 4.92. The van der Waals surface area contributed by atoms with Crippen LogP contribution in [-0.4, -0.2) is 58.7 Å². The molecule has 186 valence electrons. The van der Waals surface area contributed by atoms with E-state index >= 15 is 0 Å². The van der Waals surface area contributed by atoms with Crippen molar-refractivity contribution in [3.63, 3.8) is 0 Å². The van der Waals surface area contributed by atoms with E-state index in [0.29, 0.717) is 30.4 Å². The molecule has 0 spiro atoms. The van der Waals surface area contributed by atoms with E-state index in [0.717, 1.165) is 59.9 Å². The van der Waals surface area contributed by atoms with Crippen molar-refractivity contribution < 1.29 is 9.53 Å². The molecule has 0 saturated carbocycles. The first-order chi connectivity index (χ1) is 18.2. The van der Waals surface area contributed by atoms with Crippen molar-refractivity contribution >= 4 is 29.0 Å². The minimum Gasteiger partial charge on any atom is -0.378 e. The van der Waals surface area contributed by atoms with Gasteiger partial charge in [-0.3, -0.25) is 14.8 Å². The number of fused-ring (bicyclic) bond motifs is 1. The summed E-state index contributed by atoms with van der Waals surface area (Å²) < 4.78 is 5.57. The molecule has 0 unspecified atom stereocenters. The van der Waals surface area contributed by atoms with Gasteiger partial charge in [0.15, 0.2) is 0 Å². The predicted molar refractivity (Wildman–Crippen MR) is 142 cm³/mol. The van der Waals surface area contributed by atoms with Crippen molar-refractivity contribution in [3.05, 3.63) is 83.9 Å². The van der Waals surface area contributed by atoms with Gasteiger partial charge in [0, 0.05) is 60.6 Å². The third-order valence-electron chi connectivity index (χ3n) is 6.84. The zero-order valence-corrected chi connectivity index (χ0v) is 20.6. The first-order valence-electron chi connectivity index (χ1n) is 12.4. The summed E-state index contributed by atoms with van der Waals surface area (Å²) in [6.45, 7) is 5.54. The SMILES string of the molecule is Cc1c(C(=O)Nc2cccnc2)cccc1-c1nc(N2CCOCC2)nc2c1CCN2c1ccncc1. The first kappa shape index (κ1) is 23.1. The largest absolute Gasteiger partial charge is 0.378 e. The molecule has 9 heteroatoms. The van der Waals surface area contributed by atoms with Crippen LogP contribution in [0.2, 0.25) is 0 Å². The average molecular weight is 494 g/mol. The van der Waals surface area contributed by atoms with Gasteiger partial charge in [0.05, 0.1) is 30.8 Å². The maximum absolute atomic E-state index is 13.2. The number of nitrogens with one attached hydrogen (secondary N) is 1. The molecule has 1 aromatic carbocycles. The fourth-order valence-electron chi connectivity index (χ4n) is 4.92. The zero-order valence-electron chi connectivity index (χ0n) is 20.6. The van der Waals surface area contributed by atoms with Crippen molar-refractivity contribution in [1.29, 1.82) is 0 Å². The van der Waals surface area contributed by atoms with Gasteiger partial charge >= 0.3 is 0 Å². The Morgan fingerprint density at radius 2 is 1.78 bits per heavy atom. The Hall–Kier alpha value is -4.37. The summed E-state index contributed by atoms with van der Waals surface area (Å²) in [6.07, 6.45) is 7.72. The zero-order chi connectivity index (χ0) is 25.2. The van der Waals surface area contributed by atoms with Crippen LogP contribution in [0.5, 0.6) is 0 Å². The van der Waals surface area contributed by atoms with Crippen molar-refractivity contribution in [3.8, 4) is 11.3 Å². The number of carbonyl (C=O) groups excluding carboxylic acids is 1. The van der Waals surface area contributed by atoms with Crippen LogP contribution in [0.1, 0.15) is 21.5 Å². The molecule has 9 nitrogen and oxygen atoms in total. The van der Waals surface area contributed by atoms with Crippen molar-refractivity contribution in [1.82, 2.24) is 19.9 Å². The highest BCUT2D eigenvalue weighted by atomic mass is 16.5. The summed E-state index contributed by atoms with van der Waals surface area (Å²) in [4.78, 5) is 36.0. The lowest BCUT2D eigenvalue weighted by Crippen LogP contribution is -2.37. The second kappa shape index (κ2) is 9.94. The minimum atomic E-state index is -0.176. The molecule has 3 aromatic heterocycles. The van der Waals surface area contributed by atoms with Crippen LogP contribution in [-0.2, 0) is 11.2 Å². The second-order valence-electron chi connectivity index (χ2n) is 9.05. The van der Waals surface area contributed by atoms with E-state index in [9.17, 15) is 4.79 Å². The van der Waals surface area contributed by atoms with E-state index in [1.807, 2.05) is 43.3 Å². The minimum absolute atomic E-state index is 0.176. The predicted octanol–water partition coefficient (Wildman–Crippen LogP) is 4.03. The number of benzene rings is 1. The number of hydrogen-bond donors (Lipinski definition) is 1. The highest BCUT2D eigenvalue weighted by Crippen LogP contribution is 2.40. The van der Waals surface area contributed by atoms with E-state index in [-0.39, 0.29) is 5.91 Å². The lowest BCUT2D eigenvalue weighted by atomic mass is 9.96. The average Bonchev–Trinajstić information content (AvgIpc) is 3.38. The molecule has 0 aliphatic carbocycles. The summed E-state index contributed by atoms with van der Waals surface area (Å²) in [5, 5.41) is 2.95. The van der Waals surface area contributed by atoms with Crippen LogP contribution in [0.3, 0.4) is 0 Å². The first-order valence-corrected chi connectivity index (χ1v) is 12.4. The molecule has 1 N–H and O–H groups in total. The smallest absolute Gasteiger partial charge is 0.255 e. The van der Waals surface area contributed by atoms with Gasteiger partial charge in [0.25, 0.3) is 5.91 Å². The summed E-state index contributed by atoms with van der Waals surface area (Å²) >= 11 is 0. The van der Waals surface area contributed by atoms with Gasteiger partial charge in [-0.15, -0.1) is 0 Å². The van der Waals surface area contributed by atoms with Crippen molar-refractivity contribution in [2.24, 2.45) is 0 Å². The van der Waals surface area contributed by atoms with Crippen molar-refractivity contribution in [2.45, 2.75) is 13.3 Å². The number of anilines is 4. The molecule has 2 aliphatic rings. The van der Waals surface area contributed by atoms with Crippen LogP contribution in [0.15, 0.2) is 67.3 Å². The van der Waals surface area contributed by atoms with Gasteiger partial charge in [-0.2, -0.15) is 4.98 Å². The van der Waals surface area contributed by atoms with Crippen molar-refractivity contribution in [2.75, 3.05) is 48.0 Å². The number of morpholine rings is 1. The number of amides is 1. The lowest BCUT2D eigenvalue weighted by molar-refractivity contribution is 0.102. The Balaban J connectivity index is 1.44. The highest BCUT2D eigenvalue weighted by Gasteiger charge is 2.30. The van der Waals surface area contributed by atoms with Gasteiger partial charge in [-0.25, -0.2) is 4.98 Å². The van der Waals surface area contributed by atoms with Gasteiger partial charge in [-0.05, 0) is 49.2 Å². The van der Waals surface area contributed by atoms with Crippen LogP contribution >= 0.6 is 0 Å². The molecular weight excluding hydrogens is 466 g/mol. The molecule has 1 fully saturated rings. The standard InChI is InChI=1S/C28H27N7O2/c1-19-22(5-2-6-23(19)27(36)31-20-4-3-10-30-18-20)25-24-9-13-35(21-7-11-29-12-8-21)26(24)33-28(32-25)34-14-16-37-17-15-34/h2-8,10-12,18H,9,13-17H2,1H3,(H,31,36). The molecule has 5 heterocycles. The normalized spacial score (nSPS) is 14.9. The Morgan fingerprint density at radius 1 is 0.946 bits per heavy atom. The summed E-state index contributed by atoms with van der Waals surface area (Å²) in [5.41, 5.74) is 6.07. The Morgan fingerprint density at radius 3 is 2.57 bits per heavy atom. The number of aromatic nitrogens is 4. The maximum Gasteiger partial charge on any atom is 0.255 e. The Kier molecular flexibility index (Phi) is 6.20. The summed E-state index contributed by atoms with van der Waals surface area (Å²) in [5.74, 6) is 1.41. The Bertz CT molecular complexity index is 1420. The van der Waals surface area contributed by atoms with Crippen LogP contribution in [0.25, 0.3) is 11.3 Å². The van der Waals surface area contributed by atoms with Crippen LogP contribution in [0, 0.1) is 6.92 Å². The van der Waals surface area contributed by atoms with E-state index in [1.54, 1.807) is 30.9 Å². The third-order valence-corrected chi connectivity index (χ3v) is 6.84. The van der Waals surface area contributed by atoms with E-state index < -0.39 is 0 Å². The van der Waals surface area contributed by atoms with Gasteiger partial charge in [-0.1, -0.05) is 12.1 Å². The van der Waals surface area contributed by atoms with Gasteiger partial charge in [0.1, 0.15) is 5.82 Å². The fraction of sp³-hybridized carbons (Fsp3) is 0.250. The number of rotatable bonds is 5. The van der Waals surface area contributed by atoms with E-state index in [4.69, 9.17) is 14.7 Å². The number of carbonyl (C=O) groups is 1. The lowest BCUT2D eigenvalue weighted by Gasteiger charge is -2.28. The number of hydrogen-bond acceptors (Lipinski definition) is 8. The monoisotopic (exact) mass is 493 g/mol. The van der Waals surface area contributed by atoms with E-state index in [1.165, 1.54) is 0 Å². The second-order valence-corrected chi connectivity index (χ2v) is 9.05. The molecule has 37 heavy (non-hydrogen) atoms. The third kappa shape index (κ3) is 4.49. The Labute approximate surface area is 215 Å². The maximum atomic E-state index is 13.2. The quantitative estimate of drug-likeness (QED) is 0.445. The molecule has 2 aliphatic heterocycles. The summed E-state index contributed by atoms with van der Waals surface area (Å²) in [6, 6.07) is 13.4. The molecule has 4 aromatic rings. The molecule has 0 atom stereocenters. The summed E-state index contributed by atoms with van der Waals surface area (Å²) in [7, 11) is 0. The molecule has 1 saturated heterocycles. The molecule has 1 amide bonds. The van der Waals surface area contributed by atoms with Crippen LogP contribution < -0.4 is 15.1 Å². The molecule has 0 bridgehead atoms.